The maximum atomic E-state index is 13.0. The van der Waals surface area contributed by atoms with Crippen LogP contribution >= 0.6 is 0 Å². The van der Waals surface area contributed by atoms with E-state index in [1.165, 1.54) is 0 Å². The summed E-state index contributed by atoms with van der Waals surface area (Å²) in [7, 11) is 0. The first-order valence-electron chi connectivity index (χ1n) is 9.38. The van der Waals surface area contributed by atoms with E-state index in [1.807, 2.05) is 37.3 Å². The zero-order chi connectivity index (χ0) is 19.4. The molecule has 1 aromatic heterocycles. The Kier molecular flexibility index (Phi) is 5.54. The van der Waals surface area contributed by atoms with Gasteiger partial charge in [0, 0.05) is 24.8 Å². The minimum absolute atomic E-state index is 0.187. The lowest BCUT2D eigenvalue weighted by Gasteiger charge is -2.40. The minimum Gasteiger partial charge on any atom is -0.481 e. The van der Waals surface area contributed by atoms with Crippen LogP contribution < -0.4 is 0 Å². The summed E-state index contributed by atoms with van der Waals surface area (Å²) in [6, 6.07) is 9.61. The lowest BCUT2D eigenvalue weighted by Crippen LogP contribution is -2.50. The molecule has 0 bridgehead atoms. The van der Waals surface area contributed by atoms with Crippen LogP contribution in [0.5, 0.6) is 0 Å². The Morgan fingerprint density at radius 2 is 2.00 bits per heavy atom. The van der Waals surface area contributed by atoms with Crippen LogP contribution in [0.1, 0.15) is 48.7 Å². The molecule has 6 nitrogen and oxygen atoms in total. The van der Waals surface area contributed by atoms with Gasteiger partial charge < -0.3 is 10.0 Å². The van der Waals surface area contributed by atoms with Crippen LogP contribution in [0.2, 0.25) is 0 Å². The molecule has 1 fully saturated rings. The van der Waals surface area contributed by atoms with Crippen molar-refractivity contribution in [1.29, 1.82) is 0 Å². The molecular formula is C21H25N3O3. The summed E-state index contributed by atoms with van der Waals surface area (Å²) in [6.45, 7) is 4.58. The van der Waals surface area contributed by atoms with Gasteiger partial charge in [-0.3, -0.25) is 9.59 Å². The molecule has 1 saturated heterocycles. The third-order valence-corrected chi connectivity index (χ3v) is 5.29. The lowest BCUT2D eigenvalue weighted by molar-refractivity contribution is -0.152. The van der Waals surface area contributed by atoms with Gasteiger partial charge in [-0.25, -0.2) is 9.97 Å². The van der Waals surface area contributed by atoms with Crippen LogP contribution in [0.3, 0.4) is 0 Å². The first-order chi connectivity index (χ1) is 13.0. The molecule has 1 aliphatic heterocycles. The standard InChI is InChI=1S/C21H25N3O3/c1-3-10-21(20(26)27)11-7-12-24(14-21)19(25)17-13-22-18(23-15(17)2)16-8-5-4-6-9-16/h4-6,8-9,13H,3,7,10-12,14H2,1-2H3,(H,26,27). The average molecular weight is 367 g/mol. The molecule has 0 aliphatic carbocycles. The smallest absolute Gasteiger partial charge is 0.311 e. The minimum atomic E-state index is -0.846. The molecule has 142 valence electrons. The Hall–Kier alpha value is -2.76. The summed E-state index contributed by atoms with van der Waals surface area (Å²) in [5, 5.41) is 9.74. The largest absolute Gasteiger partial charge is 0.481 e. The molecule has 0 spiro atoms. The maximum absolute atomic E-state index is 13.0. The molecule has 1 aliphatic rings. The van der Waals surface area contributed by atoms with E-state index in [4.69, 9.17) is 0 Å². The normalized spacial score (nSPS) is 19.7. The van der Waals surface area contributed by atoms with Crippen molar-refractivity contribution in [1.82, 2.24) is 14.9 Å². The van der Waals surface area contributed by atoms with Gasteiger partial charge >= 0.3 is 5.97 Å². The number of hydrogen-bond acceptors (Lipinski definition) is 4. The number of likely N-dealkylation sites (tertiary alicyclic amines) is 1. The molecule has 1 N–H and O–H groups in total. The molecule has 3 rings (SSSR count). The van der Waals surface area contributed by atoms with Crippen molar-refractivity contribution in [3.63, 3.8) is 0 Å². The van der Waals surface area contributed by atoms with Gasteiger partial charge in [0.05, 0.1) is 16.7 Å². The van der Waals surface area contributed by atoms with Gasteiger partial charge in [-0.1, -0.05) is 43.7 Å². The van der Waals surface area contributed by atoms with E-state index in [2.05, 4.69) is 9.97 Å². The molecule has 1 unspecified atom stereocenters. The summed E-state index contributed by atoms with van der Waals surface area (Å²) >= 11 is 0. The van der Waals surface area contributed by atoms with Crippen molar-refractivity contribution < 1.29 is 14.7 Å². The van der Waals surface area contributed by atoms with E-state index in [9.17, 15) is 14.7 Å². The van der Waals surface area contributed by atoms with E-state index in [0.717, 1.165) is 12.0 Å². The number of amides is 1. The summed E-state index contributed by atoms with van der Waals surface area (Å²) in [6.07, 6.45) is 4.23. The molecule has 6 heteroatoms. The number of nitrogens with zero attached hydrogens (tertiary/aromatic N) is 3. The first kappa shape index (κ1) is 19.0. The highest BCUT2D eigenvalue weighted by molar-refractivity contribution is 5.95. The van der Waals surface area contributed by atoms with E-state index in [-0.39, 0.29) is 12.5 Å². The van der Waals surface area contributed by atoms with Crippen molar-refractivity contribution in [2.75, 3.05) is 13.1 Å². The summed E-state index contributed by atoms with van der Waals surface area (Å²) in [5.74, 6) is -0.419. The monoisotopic (exact) mass is 367 g/mol. The van der Waals surface area contributed by atoms with E-state index in [1.54, 1.807) is 18.0 Å². The van der Waals surface area contributed by atoms with Gasteiger partial charge in [0.1, 0.15) is 0 Å². The number of carbonyl (C=O) groups is 2. The lowest BCUT2D eigenvalue weighted by atomic mass is 9.76. The average Bonchev–Trinajstić information content (AvgIpc) is 2.68. The maximum Gasteiger partial charge on any atom is 0.311 e. The van der Waals surface area contributed by atoms with Gasteiger partial charge in [-0.2, -0.15) is 0 Å². The van der Waals surface area contributed by atoms with Gasteiger partial charge in [0.25, 0.3) is 5.91 Å². The Labute approximate surface area is 159 Å². The van der Waals surface area contributed by atoms with Crippen molar-refractivity contribution >= 4 is 11.9 Å². The van der Waals surface area contributed by atoms with Crippen molar-refractivity contribution in [2.45, 2.75) is 39.5 Å². The molecule has 0 radical (unpaired) electrons. The van der Waals surface area contributed by atoms with Crippen LogP contribution in [0.15, 0.2) is 36.5 Å². The number of aliphatic carboxylic acids is 1. The van der Waals surface area contributed by atoms with Crippen LogP contribution in [0.4, 0.5) is 0 Å². The molecular weight excluding hydrogens is 342 g/mol. The van der Waals surface area contributed by atoms with E-state index >= 15 is 0 Å². The van der Waals surface area contributed by atoms with Crippen LogP contribution in [0.25, 0.3) is 11.4 Å². The second-order valence-corrected chi connectivity index (χ2v) is 7.22. The fraction of sp³-hybridized carbons (Fsp3) is 0.429. The molecule has 2 heterocycles. The zero-order valence-electron chi connectivity index (χ0n) is 15.8. The topological polar surface area (TPSA) is 83.4 Å². The number of carboxylic acids is 1. The second-order valence-electron chi connectivity index (χ2n) is 7.22. The number of hydrogen-bond donors (Lipinski definition) is 1. The highest BCUT2D eigenvalue weighted by atomic mass is 16.4. The van der Waals surface area contributed by atoms with Gasteiger partial charge in [-0.15, -0.1) is 0 Å². The molecule has 2 aromatic rings. The summed E-state index contributed by atoms with van der Waals surface area (Å²) in [5.41, 5.74) is 1.09. The first-order valence-corrected chi connectivity index (χ1v) is 9.38. The fourth-order valence-electron chi connectivity index (χ4n) is 3.84. The Balaban J connectivity index is 1.84. The molecule has 1 amide bonds. The molecule has 0 saturated carbocycles. The fourth-order valence-corrected chi connectivity index (χ4v) is 3.84. The number of aryl methyl sites for hydroxylation is 1. The zero-order valence-corrected chi connectivity index (χ0v) is 15.8. The molecule has 27 heavy (non-hydrogen) atoms. The van der Waals surface area contributed by atoms with Crippen LogP contribution in [-0.4, -0.2) is 44.9 Å². The SMILES string of the molecule is CCCC1(C(=O)O)CCCN(C(=O)c2cnc(-c3ccccc3)nc2C)C1. The van der Waals surface area contributed by atoms with Gasteiger partial charge in [0.2, 0.25) is 0 Å². The number of carboxylic acid groups (broad SMARTS) is 1. The number of piperidine rings is 1. The third kappa shape index (κ3) is 3.84. The van der Waals surface area contributed by atoms with E-state index < -0.39 is 11.4 Å². The Morgan fingerprint density at radius 1 is 1.26 bits per heavy atom. The number of carbonyl (C=O) groups excluding carboxylic acids is 1. The second kappa shape index (κ2) is 7.86. The predicted octanol–water partition coefficient (Wildman–Crippen LogP) is 3.56. The van der Waals surface area contributed by atoms with Gasteiger partial charge in [0.15, 0.2) is 5.82 Å². The Bertz CT molecular complexity index is 834. The number of aromatic nitrogens is 2. The Morgan fingerprint density at radius 3 is 2.63 bits per heavy atom. The highest BCUT2D eigenvalue weighted by Gasteiger charge is 2.43. The number of rotatable bonds is 5. The predicted molar refractivity (Wildman–Crippen MR) is 102 cm³/mol. The summed E-state index contributed by atoms with van der Waals surface area (Å²) in [4.78, 5) is 35.4. The highest BCUT2D eigenvalue weighted by Crippen LogP contribution is 2.35. The molecule has 1 atom stereocenters. The summed E-state index contributed by atoms with van der Waals surface area (Å²) < 4.78 is 0. The quantitative estimate of drug-likeness (QED) is 0.873. The van der Waals surface area contributed by atoms with Crippen molar-refractivity contribution in [3.8, 4) is 11.4 Å². The van der Waals surface area contributed by atoms with Crippen molar-refractivity contribution in [3.05, 3.63) is 47.8 Å². The van der Waals surface area contributed by atoms with E-state index in [0.29, 0.717) is 42.9 Å². The van der Waals surface area contributed by atoms with Crippen molar-refractivity contribution in [2.24, 2.45) is 5.41 Å². The van der Waals surface area contributed by atoms with Crippen LogP contribution in [-0.2, 0) is 4.79 Å². The number of benzene rings is 1. The van der Waals surface area contributed by atoms with Gasteiger partial charge in [-0.05, 0) is 26.2 Å². The molecule has 1 aromatic carbocycles. The third-order valence-electron chi connectivity index (χ3n) is 5.29. The van der Waals surface area contributed by atoms with Crippen LogP contribution in [0, 0.1) is 12.3 Å².